The number of nitrogens with zero attached hydrogens (tertiary/aromatic N) is 4. The van der Waals surface area contributed by atoms with Gasteiger partial charge in [-0.2, -0.15) is 0 Å². The van der Waals surface area contributed by atoms with Crippen molar-refractivity contribution in [3.8, 4) is 0 Å². The molecule has 8 nitrogen and oxygen atoms in total. The fraction of sp³-hybridized carbons (Fsp3) is 0.214. The van der Waals surface area contributed by atoms with Crippen LogP contribution in [0, 0.1) is 17.0 Å². The summed E-state index contributed by atoms with van der Waals surface area (Å²) < 4.78 is 1.01. The fourth-order valence-corrected chi connectivity index (χ4v) is 3.12. The number of hydrogen-bond acceptors (Lipinski definition) is 8. The summed E-state index contributed by atoms with van der Waals surface area (Å²) in [5.41, 5.74) is 1.74. The van der Waals surface area contributed by atoms with Crippen LogP contribution in [0.3, 0.4) is 0 Å². The van der Waals surface area contributed by atoms with E-state index in [9.17, 15) is 10.1 Å². The maximum Gasteiger partial charge on any atom is 0.353 e. The quantitative estimate of drug-likeness (QED) is 0.545. The second kappa shape index (κ2) is 6.13. The molecule has 0 aliphatic carbocycles. The lowest BCUT2D eigenvalue weighted by Gasteiger charge is -2.06. The summed E-state index contributed by atoms with van der Waals surface area (Å²) in [4.78, 5) is 23.3. The van der Waals surface area contributed by atoms with Gasteiger partial charge in [0.15, 0.2) is 5.13 Å². The molecule has 2 N–H and O–H groups in total. The Morgan fingerprint density at radius 3 is 2.78 bits per heavy atom. The molecule has 2 heterocycles. The molecule has 1 aromatic carbocycles. The van der Waals surface area contributed by atoms with E-state index in [4.69, 9.17) is 0 Å². The van der Waals surface area contributed by atoms with Gasteiger partial charge in [-0.15, -0.1) is 0 Å². The van der Waals surface area contributed by atoms with Crippen LogP contribution in [0.2, 0.25) is 0 Å². The van der Waals surface area contributed by atoms with Gasteiger partial charge < -0.3 is 10.6 Å². The van der Waals surface area contributed by atoms with Crippen LogP contribution in [-0.2, 0) is 0 Å². The highest BCUT2D eigenvalue weighted by Crippen LogP contribution is 2.34. The van der Waals surface area contributed by atoms with Crippen molar-refractivity contribution in [2.45, 2.75) is 13.8 Å². The van der Waals surface area contributed by atoms with Gasteiger partial charge in [0.05, 0.1) is 15.1 Å². The number of rotatable bonds is 5. The van der Waals surface area contributed by atoms with E-state index in [1.165, 1.54) is 17.7 Å². The maximum atomic E-state index is 11.4. The molecule has 0 saturated carbocycles. The van der Waals surface area contributed by atoms with Crippen LogP contribution in [0.15, 0.2) is 24.5 Å². The average molecular weight is 330 g/mol. The predicted octanol–water partition coefficient (Wildman–Crippen LogP) is 3.48. The van der Waals surface area contributed by atoms with Crippen molar-refractivity contribution < 1.29 is 4.92 Å². The molecule has 0 aliphatic rings. The first-order valence-electron chi connectivity index (χ1n) is 6.96. The molecule has 3 rings (SSSR count). The van der Waals surface area contributed by atoms with Gasteiger partial charge in [0.25, 0.3) is 0 Å². The summed E-state index contributed by atoms with van der Waals surface area (Å²) in [7, 11) is 0. The third-order valence-corrected chi connectivity index (χ3v) is 4.13. The maximum absolute atomic E-state index is 11.4. The Morgan fingerprint density at radius 1 is 1.30 bits per heavy atom. The number of fused-ring (bicyclic) bond motifs is 1. The lowest BCUT2D eigenvalue weighted by atomic mass is 10.2. The first-order valence-corrected chi connectivity index (χ1v) is 7.78. The Kier molecular flexibility index (Phi) is 4.02. The van der Waals surface area contributed by atoms with Gasteiger partial charge >= 0.3 is 5.69 Å². The number of nitro groups is 1. The number of aryl methyl sites for hydroxylation is 1. The molecule has 0 unspecified atom stereocenters. The highest BCUT2D eigenvalue weighted by atomic mass is 32.1. The number of anilines is 3. The van der Waals surface area contributed by atoms with Crippen molar-refractivity contribution >= 4 is 44.0 Å². The minimum Gasteiger partial charge on any atom is -0.364 e. The molecule has 0 saturated heterocycles. The van der Waals surface area contributed by atoms with E-state index in [0.717, 1.165) is 15.8 Å². The van der Waals surface area contributed by atoms with Crippen LogP contribution >= 0.6 is 11.3 Å². The van der Waals surface area contributed by atoms with Crippen LogP contribution < -0.4 is 10.6 Å². The lowest BCUT2D eigenvalue weighted by molar-refractivity contribution is -0.383. The van der Waals surface area contributed by atoms with E-state index in [0.29, 0.717) is 11.7 Å². The summed E-state index contributed by atoms with van der Waals surface area (Å²) in [6.07, 6.45) is 1.28. The third kappa shape index (κ3) is 2.90. The molecule has 9 heteroatoms. The zero-order valence-electron chi connectivity index (χ0n) is 12.5. The Labute approximate surface area is 135 Å². The number of thiazole rings is 1. The van der Waals surface area contributed by atoms with E-state index in [1.807, 2.05) is 32.0 Å². The van der Waals surface area contributed by atoms with Crippen LogP contribution in [0.4, 0.5) is 22.5 Å². The van der Waals surface area contributed by atoms with E-state index < -0.39 is 4.92 Å². The van der Waals surface area contributed by atoms with Crippen molar-refractivity contribution in [3.63, 3.8) is 0 Å². The van der Waals surface area contributed by atoms with Crippen molar-refractivity contribution in [1.82, 2.24) is 15.0 Å². The second-order valence-electron chi connectivity index (χ2n) is 4.77. The molecular formula is C14H14N6O2S. The van der Waals surface area contributed by atoms with Gasteiger partial charge in [-0.25, -0.2) is 15.0 Å². The van der Waals surface area contributed by atoms with Crippen LogP contribution in [-0.4, -0.2) is 26.4 Å². The summed E-state index contributed by atoms with van der Waals surface area (Å²) in [5, 5.41) is 17.7. The van der Waals surface area contributed by atoms with Crippen molar-refractivity contribution in [2.24, 2.45) is 0 Å². The molecule has 0 fully saturated rings. The van der Waals surface area contributed by atoms with Crippen LogP contribution in [0.25, 0.3) is 10.2 Å². The second-order valence-corrected chi connectivity index (χ2v) is 5.80. The molecule has 0 spiro atoms. The molecule has 0 bridgehead atoms. The minimum atomic E-state index is -0.501. The topological polar surface area (TPSA) is 106 Å². The Bertz CT molecular complexity index is 879. The standard InChI is InChI=1S/C14H14N6O2S/c1-3-15-12-11(20(21)22)13(17-7-16-12)19-14-18-10-8(2)5-4-6-9(10)23-14/h4-7H,3H2,1-2H3,(H2,15,16,17,18,19). The normalized spacial score (nSPS) is 10.7. The molecule has 23 heavy (non-hydrogen) atoms. The third-order valence-electron chi connectivity index (χ3n) is 3.20. The van der Waals surface area contributed by atoms with E-state index in [2.05, 4.69) is 25.6 Å². The predicted molar refractivity (Wildman–Crippen MR) is 90.5 cm³/mol. The van der Waals surface area contributed by atoms with Crippen LogP contribution in [0.1, 0.15) is 12.5 Å². The van der Waals surface area contributed by atoms with Gasteiger partial charge in [-0.05, 0) is 25.5 Å². The van der Waals surface area contributed by atoms with Gasteiger partial charge in [-0.3, -0.25) is 10.1 Å². The lowest BCUT2D eigenvalue weighted by Crippen LogP contribution is -2.07. The monoisotopic (exact) mass is 330 g/mol. The molecule has 0 radical (unpaired) electrons. The minimum absolute atomic E-state index is 0.123. The number of nitrogens with one attached hydrogen (secondary N) is 2. The number of aromatic nitrogens is 3. The van der Waals surface area contributed by atoms with Crippen molar-refractivity contribution in [3.05, 3.63) is 40.2 Å². The Balaban J connectivity index is 2.02. The van der Waals surface area contributed by atoms with Gasteiger partial charge in [0.2, 0.25) is 11.6 Å². The zero-order chi connectivity index (χ0) is 16.4. The molecule has 0 aliphatic heterocycles. The number of hydrogen-bond donors (Lipinski definition) is 2. The molecular weight excluding hydrogens is 316 g/mol. The summed E-state index contributed by atoms with van der Waals surface area (Å²) in [6, 6.07) is 5.89. The first-order chi connectivity index (χ1) is 11.1. The Morgan fingerprint density at radius 2 is 2.09 bits per heavy atom. The highest BCUT2D eigenvalue weighted by molar-refractivity contribution is 7.22. The smallest absolute Gasteiger partial charge is 0.353 e. The van der Waals surface area contributed by atoms with Gasteiger partial charge in [0, 0.05) is 6.54 Å². The fourth-order valence-electron chi connectivity index (χ4n) is 2.18. The molecule has 3 aromatic rings. The largest absolute Gasteiger partial charge is 0.364 e. The zero-order valence-corrected chi connectivity index (χ0v) is 13.3. The highest BCUT2D eigenvalue weighted by Gasteiger charge is 2.23. The molecule has 0 amide bonds. The van der Waals surface area contributed by atoms with Gasteiger partial charge in [0.1, 0.15) is 6.33 Å². The van der Waals surface area contributed by atoms with E-state index >= 15 is 0 Å². The molecule has 0 atom stereocenters. The van der Waals surface area contributed by atoms with E-state index in [1.54, 1.807) is 0 Å². The van der Waals surface area contributed by atoms with Crippen molar-refractivity contribution in [1.29, 1.82) is 0 Å². The summed E-state index contributed by atoms with van der Waals surface area (Å²) in [6.45, 7) is 4.34. The Hall–Kier alpha value is -2.81. The van der Waals surface area contributed by atoms with Crippen molar-refractivity contribution in [2.75, 3.05) is 17.2 Å². The molecule has 2 aromatic heterocycles. The average Bonchev–Trinajstić information content (AvgIpc) is 2.91. The summed E-state index contributed by atoms with van der Waals surface area (Å²) >= 11 is 1.42. The van der Waals surface area contributed by atoms with E-state index in [-0.39, 0.29) is 17.3 Å². The summed E-state index contributed by atoms with van der Waals surface area (Å²) in [5.74, 6) is 0.310. The number of benzene rings is 1. The number of para-hydroxylation sites is 1. The first kappa shape index (κ1) is 15.1. The van der Waals surface area contributed by atoms with Gasteiger partial charge in [-0.1, -0.05) is 23.5 Å². The van der Waals surface area contributed by atoms with Crippen LogP contribution in [0.5, 0.6) is 0 Å². The SMILES string of the molecule is CCNc1ncnc(Nc2nc3c(C)cccc3s2)c1[N+](=O)[O-]. The molecule has 118 valence electrons.